The van der Waals surface area contributed by atoms with E-state index in [1.807, 2.05) is 0 Å². The van der Waals surface area contributed by atoms with Crippen LogP contribution >= 0.6 is 0 Å². The lowest BCUT2D eigenvalue weighted by atomic mass is 9.97. The number of β-amino-alcohol motifs (C(OH)–C–C–N with tert-alkyl or cyclic N) is 1. The van der Waals surface area contributed by atoms with Gasteiger partial charge in [0.05, 0.1) is 37.1 Å². The number of oxazole rings is 1. The maximum atomic E-state index is 13.3. The fraction of sp³-hybridized carbons (Fsp3) is 0.278. The van der Waals surface area contributed by atoms with Crippen molar-refractivity contribution in [3.63, 3.8) is 0 Å². The zero-order chi connectivity index (χ0) is 18.3. The molecule has 0 radical (unpaired) electrons. The van der Waals surface area contributed by atoms with Crippen molar-refractivity contribution in [2.45, 2.75) is 18.9 Å². The summed E-state index contributed by atoms with van der Waals surface area (Å²) in [5, 5.41) is 9.72. The SMILES string of the molecule is CC1(O)CN(C(=O)c2coc(Cc3cn(-c4cccc(F)c4)cn3)n2)C1. The van der Waals surface area contributed by atoms with Gasteiger partial charge < -0.3 is 19.0 Å². The first kappa shape index (κ1) is 16.5. The molecule has 0 saturated carbocycles. The van der Waals surface area contributed by atoms with Gasteiger partial charge in [0.1, 0.15) is 12.1 Å². The molecular weight excluding hydrogens is 339 g/mol. The van der Waals surface area contributed by atoms with Crippen LogP contribution in [-0.4, -0.2) is 49.1 Å². The summed E-state index contributed by atoms with van der Waals surface area (Å²) in [5.74, 6) is -0.222. The quantitative estimate of drug-likeness (QED) is 0.771. The van der Waals surface area contributed by atoms with Crippen LogP contribution in [0.5, 0.6) is 0 Å². The van der Waals surface area contributed by atoms with Crippen molar-refractivity contribution in [3.8, 4) is 5.69 Å². The first-order chi connectivity index (χ1) is 12.4. The van der Waals surface area contributed by atoms with Gasteiger partial charge in [-0.15, -0.1) is 0 Å². The van der Waals surface area contributed by atoms with Crippen LogP contribution in [0.15, 0.2) is 47.5 Å². The van der Waals surface area contributed by atoms with Crippen molar-refractivity contribution in [1.82, 2.24) is 19.4 Å². The molecule has 1 amide bonds. The normalized spacial score (nSPS) is 15.7. The molecule has 3 heterocycles. The molecule has 7 nitrogen and oxygen atoms in total. The number of aromatic nitrogens is 3. The summed E-state index contributed by atoms with van der Waals surface area (Å²) in [7, 11) is 0. The lowest BCUT2D eigenvalue weighted by Gasteiger charge is -2.43. The van der Waals surface area contributed by atoms with Gasteiger partial charge in [-0.3, -0.25) is 4.79 Å². The fourth-order valence-corrected chi connectivity index (χ4v) is 2.96. The van der Waals surface area contributed by atoms with Crippen LogP contribution < -0.4 is 0 Å². The molecule has 0 aliphatic carbocycles. The van der Waals surface area contributed by atoms with Crippen LogP contribution in [-0.2, 0) is 6.42 Å². The Morgan fingerprint density at radius 1 is 1.42 bits per heavy atom. The summed E-state index contributed by atoms with van der Waals surface area (Å²) < 4.78 is 20.4. The molecular formula is C18H17FN4O3. The molecule has 0 bridgehead atoms. The van der Waals surface area contributed by atoms with E-state index >= 15 is 0 Å². The number of hydrogen-bond donors (Lipinski definition) is 1. The standard InChI is InChI=1S/C18H17FN4O3/c1-18(25)9-23(10-18)17(24)15-8-26-16(21-15)6-13-7-22(11-20-13)14-4-2-3-12(19)5-14/h2-5,7-8,11,25H,6,9-10H2,1H3. The Bertz CT molecular complexity index is 955. The van der Waals surface area contributed by atoms with E-state index in [4.69, 9.17) is 4.42 Å². The Kier molecular flexibility index (Phi) is 3.84. The summed E-state index contributed by atoms with van der Waals surface area (Å²) in [4.78, 5) is 22.2. The molecule has 4 rings (SSSR count). The number of likely N-dealkylation sites (tertiary alicyclic amines) is 1. The molecule has 134 valence electrons. The lowest BCUT2D eigenvalue weighted by Crippen LogP contribution is -2.61. The number of amides is 1. The second kappa shape index (κ2) is 6.06. The van der Waals surface area contributed by atoms with Gasteiger partial charge in [-0.05, 0) is 25.1 Å². The minimum Gasteiger partial charge on any atom is -0.448 e. The molecule has 1 aliphatic heterocycles. The van der Waals surface area contributed by atoms with Crippen LogP contribution in [0.4, 0.5) is 4.39 Å². The molecule has 3 aromatic rings. The average molecular weight is 356 g/mol. The number of hydrogen-bond acceptors (Lipinski definition) is 5. The summed E-state index contributed by atoms with van der Waals surface area (Å²) in [6, 6.07) is 6.20. The number of aliphatic hydroxyl groups is 1. The molecule has 1 aliphatic rings. The smallest absolute Gasteiger partial charge is 0.276 e. The topological polar surface area (TPSA) is 84.4 Å². The highest BCUT2D eigenvalue weighted by Crippen LogP contribution is 2.22. The van der Waals surface area contributed by atoms with Crippen molar-refractivity contribution < 1.29 is 18.7 Å². The van der Waals surface area contributed by atoms with E-state index in [1.54, 1.807) is 36.1 Å². The second-order valence-electron chi connectivity index (χ2n) is 6.71. The first-order valence-electron chi connectivity index (χ1n) is 8.14. The van der Waals surface area contributed by atoms with Crippen molar-refractivity contribution >= 4 is 5.91 Å². The minimum atomic E-state index is -0.827. The Balaban J connectivity index is 1.44. The number of imidazole rings is 1. The van der Waals surface area contributed by atoms with Crippen molar-refractivity contribution in [2.75, 3.05) is 13.1 Å². The van der Waals surface area contributed by atoms with Crippen LogP contribution in [0.2, 0.25) is 0 Å². The van der Waals surface area contributed by atoms with E-state index in [0.29, 0.717) is 23.7 Å². The van der Waals surface area contributed by atoms with Gasteiger partial charge in [0.25, 0.3) is 5.91 Å². The van der Waals surface area contributed by atoms with Crippen molar-refractivity contribution in [1.29, 1.82) is 0 Å². The Morgan fingerprint density at radius 3 is 2.96 bits per heavy atom. The van der Waals surface area contributed by atoms with Gasteiger partial charge in [-0.25, -0.2) is 14.4 Å². The van der Waals surface area contributed by atoms with Crippen LogP contribution in [0.25, 0.3) is 5.69 Å². The highest BCUT2D eigenvalue weighted by molar-refractivity contribution is 5.92. The summed E-state index contributed by atoms with van der Waals surface area (Å²) in [5.41, 5.74) is 0.727. The highest BCUT2D eigenvalue weighted by atomic mass is 19.1. The Labute approximate surface area is 148 Å². The van der Waals surface area contributed by atoms with Crippen LogP contribution in [0, 0.1) is 5.82 Å². The molecule has 1 aromatic carbocycles. The molecule has 0 atom stereocenters. The van der Waals surface area contributed by atoms with Gasteiger partial charge in [-0.1, -0.05) is 6.07 Å². The molecule has 1 N–H and O–H groups in total. The van der Waals surface area contributed by atoms with E-state index in [-0.39, 0.29) is 30.5 Å². The third-order valence-electron chi connectivity index (χ3n) is 4.20. The lowest BCUT2D eigenvalue weighted by molar-refractivity contribution is -0.0670. The summed E-state index contributed by atoms with van der Waals surface area (Å²) in [6.45, 7) is 2.25. The number of nitrogens with zero attached hydrogens (tertiary/aromatic N) is 4. The number of carbonyl (C=O) groups excluding carboxylic acids is 1. The monoisotopic (exact) mass is 356 g/mol. The predicted molar refractivity (Wildman–Crippen MR) is 89.4 cm³/mol. The number of carbonyl (C=O) groups is 1. The fourth-order valence-electron chi connectivity index (χ4n) is 2.96. The van der Waals surface area contributed by atoms with E-state index < -0.39 is 5.60 Å². The van der Waals surface area contributed by atoms with Crippen molar-refractivity contribution in [2.24, 2.45) is 0 Å². The Morgan fingerprint density at radius 2 is 2.23 bits per heavy atom. The van der Waals surface area contributed by atoms with E-state index in [2.05, 4.69) is 9.97 Å². The molecule has 8 heteroatoms. The number of rotatable bonds is 4. The maximum absolute atomic E-state index is 13.3. The number of halogens is 1. The molecule has 2 aromatic heterocycles. The zero-order valence-electron chi connectivity index (χ0n) is 14.1. The third-order valence-corrected chi connectivity index (χ3v) is 4.20. The molecule has 0 spiro atoms. The molecule has 1 fully saturated rings. The summed E-state index contributed by atoms with van der Waals surface area (Å²) >= 11 is 0. The third kappa shape index (κ3) is 3.23. The van der Waals surface area contributed by atoms with Crippen molar-refractivity contribution in [3.05, 3.63) is 66.1 Å². The van der Waals surface area contributed by atoms with E-state index in [1.165, 1.54) is 23.3 Å². The zero-order valence-corrected chi connectivity index (χ0v) is 14.1. The largest absolute Gasteiger partial charge is 0.448 e. The average Bonchev–Trinajstić information content (AvgIpc) is 3.22. The predicted octanol–water partition coefficient (Wildman–Crippen LogP) is 1.80. The molecule has 1 saturated heterocycles. The van der Waals surface area contributed by atoms with Crippen LogP contribution in [0.1, 0.15) is 29.0 Å². The maximum Gasteiger partial charge on any atom is 0.276 e. The van der Waals surface area contributed by atoms with E-state index in [0.717, 1.165) is 0 Å². The number of benzene rings is 1. The highest BCUT2D eigenvalue weighted by Gasteiger charge is 2.40. The van der Waals surface area contributed by atoms with E-state index in [9.17, 15) is 14.3 Å². The Hall–Kier alpha value is -3.00. The summed E-state index contributed by atoms with van der Waals surface area (Å²) in [6.07, 6.45) is 4.97. The van der Waals surface area contributed by atoms with Gasteiger partial charge >= 0.3 is 0 Å². The molecule has 0 unspecified atom stereocenters. The van der Waals surface area contributed by atoms with Gasteiger partial charge in [-0.2, -0.15) is 0 Å². The van der Waals surface area contributed by atoms with Gasteiger partial charge in [0.2, 0.25) is 5.89 Å². The van der Waals surface area contributed by atoms with Crippen LogP contribution in [0.3, 0.4) is 0 Å². The first-order valence-corrected chi connectivity index (χ1v) is 8.14. The second-order valence-corrected chi connectivity index (χ2v) is 6.71. The van der Waals surface area contributed by atoms with Gasteiger partial charge in [0.15, 0.2) is 5.69 Å². The molecule has 26 heavy (non-hydrogen) atoms. The minimum absolute atomic E-state index is 0.208. The van der Waals surface area contributed by atoms with Gasteiger partial charge in [0, 0.05) is 11.9 Å².